The van der Waals surface area contributed by atoms with E-state index in [0.29, 0.717) is 5.76 Å². The maximum Gasteiger partial charge on any atom is 0.374 e. The zero-order valence-corrected chi connectivity index (χ0v) is 13.5. The zero-order chi connectivity index (χ0) is 16.0. The predicted octanol–water partition coefficient (Wildman–Crippen LogP) is 2.83. The molecule has 5 rings (SSSR count). The summed E-state index contributed by atoms with van der Waals surface area (Å²) in [5, 5.41) is 3.19. The van der Waals surface area contributed by atoms with E-state index in [4.69, 9.17) is 9.15 Å². The number of esters is 1. The molecule has 124 valence electrons. The van der Waals surface area contributed by atoms with E-state index in [9.17, 15) is 9.59 Å². The second-order valence-electron chi connectivity index (χ2n) is 7.73. The van der Waals surface area contributed by atoms with Crippen molar-refractivity contribution in [2.24, 2.45) is 17.8 Å². The Morgan fingerprint density at radius 2 is 1.78 bits per heavy atom. The molecule has 1 aromatic rings. The summed E-state index contributed by atoms with van der Waals surface area (Å²) in [7, 11) is 0. The molecule has 0 atom stereocenters. The van der Waals surface area contributed by atoms with Crippen LogP contribution in [0.15, 0.2) is 16.5 Å². The molecule has 0 aliphatic heterocycles. The number of furan rings is 1. The monoisotopic (exact) mass is 317 g/mol. The van der Waals surface area contributed by atoms with Crippen molar-refractivity contribution in [2.45, 2.75) is 51.0 Å². The molecule has 1 amide bonds. The average molecular weight is 317 g/mol. The Hall–Kier alpha value is -1.78. The van der Waals surface area contributed by atoms with Crippen LogP contribution in [0.2, 0.25) is 0 Å². The van der Waals surface area contributed by atoms with Crippen LogP contribution in [0.5, 0.6) is 0 Å². The van der Waals surface area contributed by atoms with Crippen LogP contribution in [0.1, 0.15) is 54.8 Å². The van der Waals surface area contributed by atoms with E-state index in [2.05, 4.69) is 5.32 Å². The van der Waals surface area contributed by atoms with Gasteiger partial charge in [-0.15, -0.1) is 0 Å². The average Bonchev–Trinajstić information content (AvgIpc) is 2.89. The van der Waals surface area contributed by atoms with Crippen molar-refractivity contribution in [3.63, 3.8) is 0 Å². The van der Waals surface area contributed by atoms with E-state index >= 15 is 0 Å². The minimum atomic E-state index is -0.584. The molecule has 5 nitrogen and oxygen atoms in total. The molecule has 23 heavy (non-hydrogen) atoms. The number of amides is 1. The van der Waals surface area contributed by atoms with Crippen molar-refractivity contribution in [1.82, 2.24) is 5.32 Å². The second-order valence-corrected chi connectivity index (χ2v) is 7.73. The summed E-state index contributed by atoms with van der Waals surface area (Å²) < 4.78 is 10.3. The van der Waals surface area contributed by atoms with Gasteiger partial charge in [-0.25, -0.2) is 4.79 Å². The Kier molecular flexibility index (Phi) is 3.47. The summed E-state index contributed by atoms with van der Waals surface area (Å²) in [6, 6.07) is 3.26. The molecular weight excluding hydrogens is 294 g/mol. The van der Waals surface area contributed by atoms with Crippen LogP contribution in [-0.4, -0.2) is 24.0 Å². The molecule has 0 saturated heterocycles. The Bertz CT molecular complexity index is 597. The molecule has 1 aromatic heterocycles. The molecule has 0 unspecified atom stereocenters. The predicted molar refractivity (Wildman–Crippen MR) is 82.8 cm³/mol. The number of nitrogens with one attached hydrogen (secondary N) is 1. The SMILES string of the molecule is Cc1ccc(C(=O)OCC(=O)NC23CC4CC(CC(C4)C2)C3)o1. The summed E-state index contributed by atoms with van der Waals surface area (Å²) >= 11 is 0. The Labute approximate surface area is 135 Å². The smallest absolute Gasteiger partial charge is 0.374 e. The molecule has 1 N–H and O–H groups in total. The van der Waals surface area contributed by atoms with Gasteiger partial charge in [-0.1, -0.05) is 0 Å². The van der Waals surface area contributed by atoms with Crippen LogP contribution in [0.3, 0.4) is 0 Å². The van der Waals surface area contributed by atoms with Crippen molar-refractivity contribution >= 4 is 11.9 Å². The molecule has 4 saturated carbocycles. The Morgan fingerprint density at radius 1 is 1.17 bits per heavy atom. The Morgan fingerprint density at radius 3 is 2.30 bits per heavy atom. The molecule has 1 heterocycles. The number of hydrogen-bond acceptors (Lipinski definition) is 4. The highest BCUT2D eigenvalue weighted by Crippen LogP contribution is 2.55. The van der Waals surface area contributed by atoms with Crippen molar-refractivity contribution in [1.29, 1.82) is 0 Å². The fraction of sp³-hybridized carbons (Fsp3) is 0.667. The van der Waals surface area contributed by atoms with E-state index in [1.54, 1.807) is 19.1 Å². The third-order valence-corrected chi connectivity index (χ3v) is 5.72. The van der Waals surface area contributed by atoms with Crippen molar-refractivity contribution in [3.05, 3.63) is 23.7 Å². The highest BCUT2D eigenvalue weighted by molar-refractivity contribution is 5.89. The largest absolute Gasteiger partial charge is 0.454 e. The lowest BCUT2D eigenvalue weighted by molar-refractivity contribution is -0.130. The zero-order valence-electron chi connectivity index (χ0n) is 13.5. The molecule has 4 bridgehead atoms. The van der Waals surface area contributed by atoms with Gasteiger partial charge in [0.05, 0.1) is 0 Å². The lowest BCUT2D eigenvalue weighted by atomic mass is 9.53. The van der Waals surface area contributed by atoms with Gasteiger partial charge in [0, 0.05) is 5.54 Å². The van der Waals surface area contributed by atoms with Crippen molar-refractivity contribution in [3.8, 4) is 0 Å². The van der Waals surface area contributed by atoms with Crippen LogP contribution in [-0.2, 0) is 9.53 Å². The topological polar surface area (TPSA) is 68.5 Å². The van der Waals surface area contributed by atoms with E-state index in [1.807, 2.05) is 0 Å². The first-order valence-electron chi connectivity index (χ1n) is 8.56. The molecular formula is C18H23NO4. The number of rotatable bonds is 4. The summed E-state index contributed by atoms with van der Waals surface area (Å²) in [6.45, 7) is 1.52. The van der Waals surface area contributed by atoms with Gasteiger partial charge >= 0.3 is 5.97 Å². The van der Waals surface area contributed by atoms with Gasteiger partial charge in [0.2, 0.25) is 5.76 Å². The Balaban J connectivity index is 1.33. The van der Waals surface area contributed by atoms with E-state index in [1.165, 1.54) is 19.3 Å². The number of carbonyl (C=O) groups is 2. The van der Waals surface area contributed by atoms with Gasteiger partial charge in [0.25, 0.3) is 5.91 Å². The van der Waals surface area contributed by atoms with E-state index in [-0.39, 0.29) is 23.8 Å². The molecule has 0 spiro atoms. The fourth-order valence-corrected chi connectivity index (χ4v) is 5.34. The summed E-state index contributed by atoms with van der Waals surface area (Å²) in [6.07, 6.45) is 7.29. The van der Waals surface area contributed by atoms with Gasteiger partial charge in [-0.2, -0.15) is 0 Å². The first-order chi connectivity index (χ1) is 11.0. The summed E-state index contributed by atoms with van der Waals surface area (Å²) in [5.41, 5.74) is -0.0422. The van der Waals surface area contributed by atoms with Gasteiger partial charge in [-0.3, -0.25) is 4.79 Å². The van der Waals surface area contributed by atoms with Gasteiger partial charge in [0.1, 0.15) is 5.76 Å². The third kappa shape index (κ3) is 2.89. The second kappa shape index (κ2) is 5.39. The number of aryl methyl sites for hydroxylation is 1. The van der Waals surface area contributed by atoms with E-state index < -0.39 is 5.97 Å². The first-order valence-corrected chi connectivity index (χ1v) is 8.56. The van der Waals surface area contributed by atoms with Crippen LogP contribution >= 0.6 is 0 Å². The van der Waals surface area contributed by atoms with Gasteiger partial charge in [-0.05, 0) is 75.3 Å². The molecule has 4 fully saturated rings. The highest BCUT2D eigenvalue weighted by atomic mass is 16.5. The normalized spacial score (nSPS) is 34.4. The molecule has 4 aliphatic carbocycles. The molecule has 0 radical (unpaired) electrons. The van der Waals surface area contributed by atoms with Crippen molar-refractivity contribution < 1.29 is 18.7 Å². The number of hydrogen-bond donors (Lipinski definition) is 1. The standard InChI is InChI=1S/C18H23NO4/c1-11-2-3-15(23-11)17(21)22-10-16(20)19-18-7-12-4-13(8-18)6-14(5-12)9-18/h2-3,12-14H,4-10H2,1H3,(H,19,20). The minimum absolute atomic E-state index is 0.0422. The fourth-order valence-electron chi connectivity index (χ4n) is 5.34. The first kappa shape index (κ1) is 14.8. The van der Waals surface area contributed by atoms with E-state index in [0.717, 1.165) is 37.0 Å². The lowest BCUT2D eigenvalue weighted by Gasteiger charge is -2.56. The van der Waals surface area contributed by atoms with Crippen LogP contribution < -0.4 is 5.32 Å². The molecule has 5 heteroatoms. The van der Waals surface area contributed by atoms with Gasteiger partial charge in [0.15, 0.2) is 6.61 Å². The summed E-state index contributed by atoms with van der Waals surface area (Å²) in [5.74, 6) is 2.34. The number of ether oxygens (including phenoxy) is 1. The van der Waals surface area contributed by atoms with Crippen molar-refractivity contribution in [2.75, 3.05) is 6.61 Å². The maximum absolute atomic E-state index is 12.2. The highest BCUT2D eigenvalue weighted by Gasteiger charge is 2.51. The van der Waals surface area contributed by atoms with Gasteiger partial charge < -0.3 is 14.5 Å². The summed E-state index contributed by atoms with van der Waals surface area (Å²) in [4.78, 5) is 24.1. The van der Waals surface area contributed by atoms with Crippen LogP contribution in [0, 0.1) is 24.7 Å². The lowest BCUT2D eigenvalue weighted by Crippen LogP contribution is -2.60. The minimum Gasteiger partial charge on any atom is -0.454 e. The number of carbonyl (C=O) groups excluding carboxylic acids is 2. The van der Waals surface area contributed by atoms with Crippen LogP contribution in [0.25, 0.3) is 0 Å². The van der Waals surface area contributed by atoms with Crippen LogP contribution in [0.4, 0.5) is 0 Å². The quantitative estimate of drug-likeness (QED) is 0.867. The molecule has 0 aromatic carbocycles. The third-order valence-electron chi connectivity index (χ3n) is 5.72. The maximum atomic E-state index is 12.2. The molecule has 4 aliphatic rings.